The molecule has 4 rings (SSSR count). The summed E-state index contributed by atoms with van der Waals surface area (Å²) < 4.78 is 6.39. The Morgan fingerprint density at radius 1 is 0.935 bits per heavy atom. The quantitative estimate of drug-likeness (QED) is 0.309. The van der Waals surface area contributed by atoms with E-state index in [1.165, 1.54) is 9.75 Å². The fourth-order valence-corrected chi connectivity index (χ4v) is 5.75. The topological polar surface area (TPSA) is 61.0 Å². The second-order valence-electron chi connectivity index (χ2n) is 9.02. The van der Waals surface area contributed by atoms with Crippen molar-refractivity contribution in [2.75, 3.05) is 5.73 Å². The number of nitrogens with two attached hydrogens (primary N) is 1. The van der Waals surface area contributed by atoms with Crippen molar-refractivity contribution in [1.82, 2.24) is 9.97 Å². The van der Waals surface area contributed by atoms with E-state index in [1.54, 1.807) is 28.9 Å². The molecule has 0 bridgehead atoms. The van der Waals surface area contributed by atoms with Crippen molar-refractivity contribution in [2.24, 2.45) is 0 Å². The number of nitrogens with zero attached hydrogens (tertiary/aromatic N) is 2. The van der Waals surface area contributed by atoms with Crippen LogP contribution in [0.15, 0.2) is 60.1 Å². The second kappa shape index (κ2) is 8.22. The third-order valence-corrected chi connectivity index (χ3v) is 12.2. The van der Waals surface area contributed by atoms with E-state index in [4.69, 9.17) is 15.1 Å². The highest BCUT2D eigenvalue weighted by atomic mass is 32.1. The van der Waals surface area contributed by atoms with E-state index >= 15 is 0 Å². The summed E-state index contributed by atoms with van der Waals surface area (Å²) in [6.45, 7) is 11.2. The van der Waals surface area contributed by atoms with Gasteiger partial charge in [-0.15, -0.1) is 22.7 Å². The summed E-state index contributed by atoms with van der Waals surface area (Å²) in [4.78, 5) is 12.7. The van der Waals surface area contributed by atoms with Crippen LogP contribution in [0.25, 0.3) is 31.6 Å². The summed E-state index contributed by atoms with van der Waals surface area (Å²) in [5.74, 6) is 1.35. The summed E-state index contributed by atoms with van der Waals surface area (Å²) in [5, 5.41) is 2.24. The van der Waals surface area contributed by atoms with Gasteiger partial charge in [0.05, 0.1) is 16.8 Å². The number of benzene rings is 1. The van der Waals surface area contributed by atoms with Crippen LogP contribution in [0.3, 0.4) is 0 Å². The average molecular weight is 466 g/mol. The monoisotopic (exact) mass is 465 g/mol. The van der Waals surface area contributed by atoms with Gasteiger partial charge < -0.3 is 10.2 Å². The highest BCUT2D eigenvalue weighted by Crippen LogP contribution is 2.39. The first-order chi connectivity index (χ1) is 14.6. The highest BCUT2D eigenvalue weighted by Gasteiger charge is 2.38. The molecule has 31 heavy (non-hydrogen) atoms. The number of anilines is 1. The molecule has 0 saturated carbocycles. The molecule has 0 aliphatic rings. The molecule has 160 valence electrons. The molecular weight excluding hydrogens is 439 g/mol. The van der Waals surface area contributed by atoms with Gasteiger partial charge in [0, 0.05) is 15.3 Å². The molecule has 0 unspecified atom stereocenters. The van der Waals surface area contributed by atoms with E-state index in [9.17, 15) is 0 Å². The molecule has 0 amide bonds. The van der Waals surface area contributed by atoms with Gasteiger partial charge in [-0.3, -0.25) is 0 Å². The molecule has 0 atom stereocenters. The van der Waals surface area contributed by atoms with Gasteiger partial charge in [-0.1, -0.05) is 26.8 Å². The van der Waals surface area contributed by atoms with Crippen molar-refractivity contribution in [3.63, 3.8) is 0 Å². The highest BCUT2D eigenvalue weighted by molar-refractivity contribution is 7.23. The van der Waals surface area contributed by atoms with Crippen molar-refractivity contribution >= 4 is 36.8 Å². The number of hydrogen-bond acceptors (Lipinski definition) is 6. The number of aromatic nitrogens is 2. The fraction of sp³-hybridized carbons (Fsp3) is 0.250. The zero-order valence-electron chi connectivity index (χ0n) is 18.5. The molecule has 0 aliphatic carbocycles. The molecular formula is C24H27N3OS2Si. The Morgan fingerprint density at radius 2 is 1.65 bits per heavy atom. The van der Waals surface area contributed by atoms with Crippen LogP contribution in [0, 0.1) is 0 Å². The van der Waals surface area contributed by atoms with Gasteiger partial charge in [-0.2, -0.15) is 0 Å². The molecule has 0 spiro atoms. The standard InChI is InChI=1S/C24H27N3OS2Si/c1-24(2,3)31(4,5)28-17-10-8-16(9-11-17)18-15-26-23(25)22(27-18)21-13-12-20(30-21)19-7-6-14-29-19/h6-15H,1-5H3,(H2,25,26). The van der Waals surface area contributed by atoms with E-state index in [0.29, 0.717) is 5.82 Å². The van der Waals surface area contributed by atoms with Gasteiger partial charge >= 0.3 is 0 Å². The summed E-state index contributed by atoms with van der Waals surface area (Å²) in [5.41, 5.74) is 8.70. The summed E-state index contributed by atoms with van der Waals surface area (Å²) >= 11 is 3.41. The predicted molar refractivity (Wildman–Crippen MR) is 136 cm³/mol. The maximum absolute atomic E-state index is 6.39. The summed E-state index contributed by atoms with van der Waals surface area (Å²) in [6.07, 6.45) is 1.73. The molecule has 7 heteroatoms. The van der Waals surface area contributed by atoms with Crippen LogP contribution in [-0.4, -0.2) is 18.3 Å². The van der Waals surface area contributed by atoms with Gasteiger partial charge in [-0.05, 0) is 66.0 Å². The first-order valence-electron chi connectivity index (χ1n) is 10.2. The number of hydrogen-bond donors (Lipinski definition) is 1. The number of thiophene rings is 2. The average Bonchev–Trinajstić information content (AvgIpc) is 3.40. The lowest BCUT2D eigenvalue weighted by atomic mass is 10.1. The molecule has 4 nitrogen and oxygen atoms in total. The lowest BCUT2D eigenvalue weighted by Crippen LogP contribution is -2.43. The Bertz CT molecular complexity index is 1180. The third-order valence-electron chi connectivity index (χ3n) is 5.73. The molecule has 1 aromatic carbocycles. The second-order valence-corrected chi connectivity index (χ2v) is 15.8. The molecule has 3 heterocycles. The predicted octanol–water partition coefficient (Wildman–Crippen LogP) is 7.57. The molecule has 4 aromatic rings. The van der Waals surface area contributed by atoms with Gasteiger partial charge in [0.25, 0.3) is 0 Å². The van der Waals surface area contributed by atoms with Gasteiger partial charge in [0.15, 0.2) is 5.82 Å². The Hall–Kier alpha value is -2.48. The maximum Gasteiger partial charge on any atom is 0.250 e. The minimum Gasteiger partial charge on any atom is -0.544 e. The summed E-state index contributed by atoms with van der Waals surface area (Å²) in [7, 11) is -1.87. The van der Waals surface area contributed by atoms with Crippen LogP contribution in [0.1, 0.15) is 20.8 Å². The first kappa shape index (κ1) is 21.7. The molecule has 0 fully saturated rings. The van der Waals surface area contributed by atoms with Gasteiger partial charge in [-0.25, -0.2) is 9.97 Å². The molecule has 0 saturated heterocycles. The van der Waals surface area contributed by atoms with Crippen molar-refractivity contribution in [2.45, 2.75) is 38.9 Å². The Balaban J connectivity index is 1.60. The van der Waals surface area contributed by atoms with Crippen molar-refractivity contribution in [3.8, 4) is 37.3 Å². The molecule has 2 N–H and O–H groups in total. The minimum atomic E-state index is -1.87. The smallest absolute Gasteiger partial charge is 0.250 e. The van der Waals surface area contributed by atoms with Gasteiger partial charge in [0.2, 0.25) is 8.32 Å². The van der Waals surface area contributed by atoms with Crippen LogP contribution in [0.5, 0.6) is 5.75 Å². The molecule has 0 aliphatic heterocycles. The van der Waals surface area contributed by atoms with E-state index in [2.05, 4.69) is 68.5 Å². The SMILES string of the molecule is CC(C)(C)[Si](C)(C)Oc1ccc(-c2cnc(N)c(-c3ccc(-c4cccs4)s3)n2)cc1. The largest absolute Gasteiger partial charge is 0.544 e. The number of rotatable bonds is 5. The Kier molecular flexibility index (Phi) is 5.76. The van der Waals surface area contributed by atoms with E-state index in [1.807, 2.05) is 24.3 Å². The fourth-order valence-electron chi connectivity index (χ4n) is 2.88. The van der Waals surface area contributed by atoms with Crippen molar-refractivity contribution < 1.29 is 4.43 Å². The maximum atomic E-state index is 6.39. The molecule has 0 radical (unpaired) electrons. The lowest BCUT2D eigenvalue weighted by Gasteiger charge is -2.36. The summed E-state index contributed by atoms with van der Waals surface area (Å²) in [6, 6.07) is 16.5. The zero-order valence-corrected chi connectivity index (χ0v) is 21.1. The van der Waals surface area contributed by atoms with Crippen LogP contribution < -0.4 is 10.2 Å². The lowest BCUT2D eigenvalue weighted by molar-refractivity contribution is 0.492. The Labute approximate surface area is 192 Å². The van der Waals surface area contributed by atoms with E-state index < -0.39 is 8.32 Å². The van der Waals surface area contributed by atoms with E-state index in [0.717, 1.165) is 27.6 Å². The van der Waals surface area contributed by atoms with Crippen molar-refractivity contribution in [1.29, 1.82) is 0 Å². The Morgan fingerprint density at radius 3 is 2.29 bits per heavy atom. The van der Waals surface area contributed by atoms with Crippen LogP contribution in [-0.2, 0) is 0 Å². The van der Waals surface area contributed by atoms with E-state index in [-0.39, 0.29) is 5.04 Å². The van der Waals surface area contributed by atoms with Crippen LogP contribution in [0.4, 0.5) is 5.82 Å². The van der Waals surface area contributed by atoms with Crippen LogP contribution in [0.2, 0.25) is 18.1 Å². The number of nitrogen functional groups attached to an aromatic ring is 1. The third kappa shape index (κ3) is 4.58. The molecule has 3 aromatic heterocycles. The first-order valence-corrected chi connectivity index (χ1v) is 14.8. The minimum absolute atomic E-state index is 0.158. The zero-order chi connectivity index (χ0) is 22.2. The van der Waals surface area contributed by atoms with Crippen molar-refractivity contribution in [3.05, 3.63) is 60.1 Å². The van der Waals surface area contributed by atoms with Crippen LogP contribution >= 0.6 is 22.7 Å². The normalized spacial score (nSPS) is 12.2. The van der Waals surface area contributed by atoms with Gasteiger partial charge in [0.1, 0.15) is 11.4 Å².